The second-order valence-electron chi connectivity index (χ2n) is 4.74. The minimum Gasteiger partial charge on any atom is -0.491 e. The van der Waals surface area contributed by atoms with Crippen LogP contribution in [0.15, 0.2) is 18.2 Å². The van der Waals surface area contributed by atoms with Crippen LogP contribution in [0.25, 0.3) is 0 Å². The van der Waals surface area contributed by atoms with Crippen LogP contribution >= 0.6 is 11.6 Å². The highest BCUT2D eigenvalue weighted by atomic mass is 35.5. The van der Waals surface area contributed by atoms with Crippen molar-refractivity contribution in [1.29, 1.82) is 0 Å². The first kappa shape index (κ1) is 13.7. The predicted molar refractivity (Wildman–Crippen MR) is 75.2 cm³/mol. The van der Waals surface area contributed by atoms with Gasteiger partial charge in [-0.3, -0.25) is 0 Å². The van der Waals surface area contributed by atoms with Crippen molar-refractivity contribution in [2.75, 3.05) is 26.2 Å². The zero-order valence-corrected chi connectivity index (χ0v) is 11.8. The van der Waals surface area contributed by atoms with Crippen LogP contribution < -0.4 is 10.5 Å². The summed E-state index contributed by atoms with van der Waals surface area (Å²) in [5.74, 6) is 1.10. The van der Waals surface area contributed by atoms with E-state index in [0.29, 0.717) is 17.5 Å². The molecule has 2 rings (SSSR count). The molecule has 1 heterocycles. The van der Waals surface area contributed by atoms with Crippen molar-refractivity contribution in [2.24, 2.45) is 11.7 Å². The lowest BCUT2D eigenvalue weighted by atomic mass is 9.91. The van der Waals surface area contributed by atoms with Crippen molar-refractivity contribution < 1.29 is 4.74 Å². The summed E-state index contributed by atoms with van der Waals surface area (Å²) < 4.78 is 5.79. The molecule has 18 heavy (non-hydrogen) atoms. The van der Waals surface area contributed by atoms with Crippen LogP contribution in [-0.2, 0) is 0 Å². The van der Waals surface area contributed by atoms with E-state index in [9.17, 15) is 0 Å². The lowest BCUT2D eigenvalue weighted by Crippen LogP contribution is -2.40. The molecular weight excluding hydrogens is 248 g/mol. The van der Waals surface area contributed by atoms with Crippen LogP contribution in [0.5, 0.6) is 5.75 Å². The first-order valence-corrected chi connectivity index (χ1v) is 6.94. The normalized spacial score (nSPS) is 22.7. The standard InChI is InChI=1S/C14H21ClN2O/c1-3-17(4-2)8-10-9-18-14-11(13(10)16)6-5-7-12(14)15/h5-7,10,13H,3-4,8-9,16H2,1-2H3. The smallest absolute Gasteiger partial charge is 0.142 e. The Morgan fingerprint density at radius 3 is 2.78 bits per heavy atom. The Labute approximate surface area is 114 Å². The van der Waals surface area contributed by atoms with Gasteiger partial charge in [-0.2, -0.15) is 0 Å². The molecule has 1 aromatic rings. The van der Waals surface area contributed by atoms with Crippen molar-refractivity contribution in [3.63, 3.8) is 0 Å². The van der Waals surface area contributed by atoms with Crippen LogP contribution in [-0.4, -0.2) is 31.1 Å². The zero-order chi connectivity index (χ0) is 13.1. The first-order valence-electron chi connectivity index (χ1n) is 6.56. The van der Waals surface area contributed by atoms with Crippen LogP contribution in [0, 0.1) is 5.92 Å². The number of nitrogens with zero attached hydrogens (tertiary/aromatic N) is 1. The summed E-state index contributed by atoms with van der Waals surface area (Å²) in [7, 11) is 0. The summed E-state index contributed by atoms with van der Waals surface area (Å²) in [5.41, 5.74) is 7.39. The number of rotatable bonds is 4. The van der Waals surface area contributed by atoms with Gasteiger partial charge in [-0.15, -0.1) is 0 Å². The van der Waals surface area contributed by atoms with Crippen molar-refractivity contribution in [2.45, 2.75) is 19.9 Å². The molecule has 3 nitrogen and oxygen atoms in total. The number of ether oxygens (including phenoxy) is 1. The van der Waals surface area contributed by atoms with Crippen LogP contribution in [0.2, 0.25) is 5.02 Å². The van der Waals surface area contributed by atoms with Gasteiger partial charge >= 0.3 is 0 Å². The number of hydrogen-bond acceptors (Lipinski definition) is 3. The Kier molecular flexibility index (Phi) is 4.49. The van der Waals surface area contributed by atoms with Gasteiger partial charge in [-0.1, -0.05) is 37.6 Å². The minimum absolute atomic E-state index is 0.00745. The number of benzene rings is 1. The maximum absolute atomic E-state index is 6.35. The lowest BCUT2D eigenvalue weighted by molar-refractivity contribution is 0.144. The van der Waals surface area contributed by atoms with Gasteiger partial charge in [-0.05, 0) is 19.2 Å². The molecule has 0 saturated heterocycles. The van der Waals surface area contributed by atoms with Crippen LogP contribution in [0.3, 0.4) is 0 Å². The fraction of sp³-hybridized carbons (Fsp3) is 0.571. The van der Waals surface area contributed by atoms with E-state index in [0.717, 1.165) is 30.9 Å². The maximum Gasteiger partial charge on any atom is 0.142 e. The van der Waals surface area contributed by atoms with Crippen LogP contribution in [0.4, 0.5) is 0 Å². The molecule has 4 heteroatoms. The van der Waals surface area contributed by atoms with Gasteiger partial charge in [0.1, 0.15) is 5.75 Å². The Morgan fingerprint density at radius 2 is 2.11 bits per heavy atom. The van der Waals surface area contributed by atoms with Crippen molar-refractivity contribution in [1.82, 2.24) is 4.90 Å². The largest absolute Gasteiger partial charge is 0.491 e. The van der Waals surface area contributed by atoms with Crippen molar-refractivity contribution in [3.05, 3.63) is 28.8 Å². The summed E-state index contributed by atoms with van der Waals surface area (Å²) in [5, 5.41) is 0.657. The molecule has 2 unspecified atom stereocenters. The summed E-state index contributed by atoms with van der Waals surface area (Å²) in [4.78, 5) is 2.38. The molecular formula is C14H21ClN2O. The molecule has 1 aliphatic rings. The Morgan fingerprint density at radius 1 is 1.39 bits per heavy atom. The molecule has 1 aliphatic heterocycles. The number of nitrogens with two attached hydrogens (primary N) is 1. The Balaban J connectivity index is 2.15. The molecule has 0 amide bonds. The highest BCUT2D eigenvalue weighted by Gasteiger charge is 2.30. The molecule has 2 atom stereocenters. The first-order chi connectivity index (χ1) is 8.67. The van der Waals surface area contributed by atoms with E-state index < -0.39 is 0 Å². The van der Waals surface area contributed by atoms with Gasteiger partial charge in [0.15, 0.2) is 0 Å². The molecule has 2 N–H and O–H groups in total. The molecule has 1 aromatic carbocycles. The van der Waals surface area contributed by atoms with E-state index in [1.807, 2.05) is 18.2 Å². The maximum atomic E-state index is 6.35. The second-order valence-corrected chi connectivity index (χ2v) is 5.15. The number of para-hydroxylation sites is 1. The number of hydrogen-bond donors (Lipinski definition) is 1. The van der Waals surface area contributed by atoms with Crippen LogP contribution in [0.1, 0.15) is 25.5 Å². The number of halogens is 1. The molecule has 0 fully saturated rings. The third-order valence-corrected chi connectivity index (χ3v) is 3.99. The molecule has 0 aliphatic carbocycles. The van der Waals surface area contributed by atoms with Gasteiger partial charge in [0.05, 0.1) is 11.6 Å². The average Bonchev–Trinajstić information content (AvgIpc) is 2.39. The topological polar surface area (TPSA) is 38.5 Å². The van der Waals surface area contributed by atoms with Gasteiger partial charge in [0.2, 0.25) is 0 Å². The summed E-state index contributed by atoms with van der Waals surface area (Å²) in [6, 6.07) is 5.80. The molecule has 0 radical (unpaired) electrons. The fourth-order valence-corrected chi connectivity index (χ4v) is 2.70. The third kappa shape index (κ3) is 2.63. The van der Waals surface area contributed by atoms with Gasteiger partial charge in [-0.25, -0.2) is 0 Å². The highest BCUT2D eigenvalue weighted by Crippen LogP contribution is 2.38. The van der Waals surface area contributed by atoms with E-state index in [2.05, 4.69) is 18.7 Å². The third-order valence-electron chi connectivity index (χ3n) is 3.69. The van der Waals surface area contributed by atoms with E-state index in [4.69, 9.17) is 22.1 Å². The molecule has 0 spiro atoms. The minimum atomic E-state index is 0.00745. The summed E-state index contributed by atoms with van der Waals surface area (Å²) in [6.45, 7) is 8.05. The van der Waals surface area contributed by atoms with Gasteiger partial charge in [0, 0.05) is 24.1 Å². The Bertz CT molecular complexity index is 407. The monoisotopic (exact) mass is 268 g/mol. The highest BCUT2D eigenvalue weighted by molar-refractivity contribution is 6.32. The quantitative estimate of drug-likeness (QED) is 0.913. The average molecular weight is 269 g/mol. The zero-order valence-electron chi connectivity index (χ0n) is 11.0. The lowest BCUT2D eigenvalue weighted by Gasteiger charge is -2.34. The van der Waals surface area contributed by atoms with E-state index in [1.165, 1.54) is 0 Å². The SMILES string of the molecule is CCN(CC)CC1COc2c(Cl)cccc2C1N. The molecule has 100 valence electrons. The molecule has 0 aromatic heterocycles. The van der Waals surface area contributed by atoms with E-state index in [1.54, 1.807) is 0 Å². The Hall–Kier alpha value is -0.770. The molecule has 0 bridgehead atoms. The molecule has 0 saturated carbocycles. The van der Waals surface area contributed by atoms with Crippen molar-refractivity contribution in [3.8, 4) is 5.75 Å². The summed E-state index contributed by atoms with van der Waals surface area (Å²) in [6.07, 6.45) is 0. The van der Waals surface area contributed by atoms with E-state index in [-0.39, 0.29) is 6.04 Å². The van der Waals surface area contributed by atoms with E-state index >= 15 is 0 Å². The predicted octanol–water partition coefficient (Wildman–Crippen LogP) is 2.69. The fourth-order valence-electron chi connectivity index (χ4n) is 2.47. The van der Waals surface area contributed by atoms with Gasteiger partial charge < -0.3 is 15.4 Å². The van der Waals surface area contributed by atoms with Gasteiger partial charge in [0.25, 0.3) is 0 Å². The second kappa shape index (κ2) is 5.91. The number of fused-ring (bicyclic) bond motifs is 1. The van der Waals surface area contributed by atoms with Crippen molar-refractivity contribution >= 4 is 11.6 Å². The summed E-state index contributed by atoms with van der Waals surface area (Å²) >= 11 is 6.12.